The van der Waals surface area contributed by atoms with Crippen molar-refractivity contribution >= 4 is 35.9 Å². The maximum absolute atomic E-state index is 11.9. The number of nitrogens with zero attached hydrogens (tertiary/aromatic N) is 2. The smallest absolute Gasteiger partial charge is 0.309 e. The number of halogens is 1. The summed E-state index contributed by atoms with van der Waals surface area (Å²) in [7, 11) is 3.44. The van der Waals surface area contributed by atoms with Gasteiger partial charge in [0, 0.05) is 33.8 Å². The van der Waals surface area contributed by atoms with E-state index in [1.54, 1.807) is 14.2 Å². The molecule has 1 fully saturated rings. The number of benzene rings is 1. The number of methoxy groups -OCH3 is 1. The molecule has 0 amide bonds. The highest BCUT2D eigenvalue weighted by atomic mass is 127. The number of hydrogen-bond donors (Lipinski definition) is 1. The van der Waals surface area contributed by atoms with Crippen LogP contribution in [0.15, 0.2) is 29.3 Å². The minimum Gasteiger partial charge on any atom is -0.491 e. The summed E-state index contributed by atoms with van der Waals surface area (Å²) in [6.07, 6.45) is 1.60. The van der Waals surface area contributed by atoms with Crippen molar-refractivity contribution in [2.75, 3.05) is 47.1 Å². The molecule has 0 saturated carbocycles. The third-order valence-electron chi connectivity index (χ3n) is 4.56. The van der Waals surface area contributed by atoms with E-state index >= 15 is 0 Å². The Balaban J connectivity index is 0.00000392. The van der Waals surface area contributed by atoms with E-state index in [1.165, 1.54) is 0 Å². The predicted molar refractivity (Wildman–Crippen MR) is 120 cm³/mol. The summed E-state index contributed by atoms with van der Waals surface area (Å²) < 4.78 is 15.7. The zero-order valence-electron chi connectivity index (χ0n) is 17.0. The second kappa shape index (κ2) is 13.6. The molecule has 8 heteroatoms. The average molecular weight is 505 g/mol. The van der Waals surface area contributed by atoms with E-state index < -0.39 is 0 Å². The van der Waals surface area contributed by atoms with Crippen LogP contribution in [0.3, 0.4) is 0 Å². The predicted octanol–water partition coefficient (Wildman–Crippen LogP) is 2.68. The first kappa shape index (κ1) is 24.5. The van der Waals surface area contributed by atoms with Gasteiger partial charge < -0.3 is 24.4 Å². The van der Waals surface area contributed by atoms with Gasteiger partial charge in [-0.15, -0.1) is 24.0 Å². The molecule has 0 spiro atoms. The lowest BCUT2D eigenvalue weighted by atomic mass is 9.97. The van der Waals surface area contributed by atoms with E-state index in [4.69, 9.17) is 14.2 Å². The molecule has 1 aromatic rings. The number of likely N-dealkylation sites (tertiary alicyclic amines) is 1. The van der Waals surface area contributed by atoms with Crippen molar-refractivity contribution in [2.24, 2.45) is 10.9 Å². The number of nitrogens with one attached hydrogen (secondary N) is 1. The number of esters is 1. The number of rotatable bonds is 8. The molecule has 0 bridgehead atoms. The largest absolute Gasteiger partial charge is 0.491 e. The van der Waals surface area contributed by atoms with Gasteiger partial charge in [0.1, 0.15) is 12.4 Å². The monoisotopic (exact) mass is 505 g/mol. The van der Waals surface area contributed by atoms with E-state index in [0.717, 1.165) is 43.2 Å². The van der Waals surface area contributed by atoms with Gasteiger partial charge in [0.15, 0.2) is 5.96 Å². The summed E-state index contributed by atoms with van der Waals surface area (Å²) in [6, 6.07) is 7.99. The molecule has 0 aliphatic carbocycles. The van der Waals surface area contributed by atoms with Gasteiger partial charge in [-0.25, -0.2) is 0 Å². The Kier molecular flexibility index (Phi) is 11.9. The number of ether oxygens (including phenoxy) is 3. The summed E-state index contributed by atoms with van der Waals surface area (Å²) in [6.45, 7) is 5.69. The van der Waals surface area contributed by atoms with E-state index in [1.807, 2.05) is 31.2 Å². The maximum atomic E-state index is 11.9. The van der Waals surface area contributed by atoms with Crippen LogP contribution in [-0.4, -0.2) is 63.9 Å². The maximum Gasteiger partial charge on any atom is 0.309 e. The molecular formula is C20H32IN3O4. The van der Waals surface area contributed by atoms with Gasteiger partial charge in [-0.3, -0.25) is 9.79 Å². The molecule has 28 heavy (non-hydrogen) atoms. The number of aliphatic imine (C=N–C) groups is 1. The Labute approximate surface area is 184 Å². The number of piperidine rings is 1. The zero-order chi connectivity index (χ0) is 19.5. The summed E-state index contributed by atoms with van der Waals surface area (Å²) in [4.78, 5) is 18.4. The number of guanidine groups is 1. The third kappa shape index (κ3) is 7.83. The van der Waals surface area contributed by atoms with Crippen molar-refractivity contribution in [1.29, 1.82) is 0 Å². The lowest BCUT2D eigenvalue weighted by molar-refractivity contribution is -0.149. The summed E-state index contributed by atoms with van der Waals surface area (Å²) in [5.74, 6) is 1.62. The molecule has 0 radical (unpaired) electrons. The standard InChI is InChI=1S/C20H31N3O4.HI/c1-4-26-19(24)17-9-11-23(12-10-17)20(21-2)22-15-16-5-7-18(8-6-16)27-14-13-25-3;/h5-8,17H,4,9-15H2,1-3H3,(H,21,22);1H. The SMILES string of the molecule is CCOC(=O)C1CCN(C(=NC)NCc2ccc(OCCOC)cc2)CC1.I. The molecule has 1 aliphatic rings. The molecule has 1 heterocycles. The van der Waals surface area contributed by atoms with Crippen LogP contribution in [0.25, 0.3) is 0 Å². The van der Waals surface area contributed by atoms with Gasteiger partial charge in [-0.2, -0.15) is 0 Å². The highest BCUT2D eigenvalue weighted by molar-refractivity contribution is 14.0. The van der Waals surface area contributed by atoms with Crippen molar-refractivity contribution in [3.63, 3.8) is 0 Å². The summed E-state index contributed by atoms with van der Waals surface area (Å²) >= 11 is 0. The van der Waals surface area contributed by atoms with Crippen LogP contribution < -0.4 is 10.1 Å². The molecule has 2 rings (SSSR count). The molecule has 0 aromatic heterocycles. The molecular weight excluding hydrogens is 473 g/mol. The quantitative estimate of drug-likeness (QED) is 0.193. The summed E-state index contributed by atoms with van der Waals surface area (Å²) in [5.41, 5.74) is 1.15. The van der Waals surface area contributed by atoms with Gasteiger partial charge in [-0.05, 0) is 37.5 Å². The molecule has 7 nitrogen and oxygen atoms in total. The number of hydrogen-bond acceptors (Lipinski definition) is 5. The zero-order valence-corrected chi connectivity index (χ0v) is 19.3. The van der Waals surface area contributed by atoms with Crippen LogP contribution in [0.1, 0.15) is 25.3 Å². The fourth-order valence-electron chi connectivity index (χ4n) is 3.05. The highest BCUT2D eigenvalue weighted by Gasteiger charge is 2.27. The Bertz CT molecular complexity index is 602. The van der Waals surface area contributed by atoms with Crippen molar-refractivity contribution in [3.8, 4) is 5.75 Å². The van der Waals surface area contributed by atoms with Gasteiger partial charge in [0.2, 0.25) is 0 Å². The summed E-state index contributed by atoms with van der Waals surface area (Å²) in [5, 5.41) is 3.40. The first-order valence-electron chi connectivity index (χ1n) is 9.50. The Morgan fingerprint density at radius 2 is 1.89 bits per heavy atom. The second-order valence-electron chi connectivity index (χ2n) is 6.40. The molecule has 1 N–H and O–H groups in total. The Morgan fingerprint density at radius 3 is 2.46 bits per heavy atom. The van der Waals surface area contributed by atoms with Crippen molar-refractivity contribution in [1.82, 2.24) is 10.2 Å². The van der Waals surface area contributed by atoms with E-state index in [2.05, 4.69) is 15.2 Å². The van der Waals surface area contributed by atoms with E-state index in [-0.39, 0.29) is 35.9 Å². The van der Waals surface area contributed by atoms with Crippen LogP contribution in [0.2, 0.25) is 0 Å². The van der Waals surface area contributed by atoms with Gasteiger partial charge in [-0.1, -0.05) is 12.1 Å². The molecule has 1 aliphatic heterocycles. The minimum absolute atomic E-state index is 0. The first-order valence-corrected chi connectivity index (χ1v) is 9.50. The van der Waals surface area contributed by atoms with E-state index in [9.17, 15) is 4.79 Å². The third-order valence-corrected chi connectivity index (χ3v) is 4.56. The molecule has 1 aromatic carbocycles. The van der Waals surface area contributed by atoms with Crippen LogP contribution >= 0.6 is 24.0 Å². The Hall–Kier alpha value is -1.55. The average Bonchev–Trinajstić information content (AvgIpc) is 2.70. The molecule has 0 unspecified atom stereocenters. The highest BCUT2D eigenvalue weighted by Crippen LogP contribution is 2.19. The molecule has 0 atom stereocenters. The van der Waals surface area contributed by atoms with Crippen LogP contribution in [0.4, 0.5) is 0 Å². The van der Waals surface area contributed by atoms with Crippen molar-refractivity contribution in [3.05, 3.63) is 29.8 Å². The lowest BCUT2D eigenvalue weighted by Gasteiger charge is -2.33. The van der Waals surface area contributed by atoms with Crippen molar-refractivity contribution < 1.29 is 19.0 Å². The topological polar surface area (TPSA) is 72.4 Å². The fourth-order valence-corrected chi connectivity index (χ4v) is 3.05. The molecule has 1 saturated heterocycles. The number of carbonyl (C=O) groups is 1. The number of carbonyl (C=O) groups excluding carboxylic acids is 1. The normalized spacial score (nSPS) is 15.0. The van der Waals surface area contributed by atoms with Gasteiger partial charge >= 0.3 is 5.97 Å². The van der Waals surface area contributed by atoms with Crippen LogP contribution in [0.5, 0.6) is 5.75 Å². The van der Waals surface area contributed by atoms with Crippen LogP contribution in [-0.2, 0) is 20.8 Å². The van der Waals surface area contributed by atoms with Crippen LogP contribution in [0, 0.1) is 5.92 Å². The van der Waals surface area contributed by atoms with Crippen molar-refractivity contribution in [2.45, 2.75) is 26.3 Å². The second-order valence-corrected chi connectivity index (χ2v) is 6.40. The minimum atomic E-state index is -0.0760. The van der Waals surface area contributed by atoms with Gasteiger partial charge in [0.05, 0.1) is 19.1 Å². The lowest BCUT2D eigenvalue weighted by Crippen LogP contribution is -2.46. The Morgan fingerprint density at radius 1 is 1.21 bits per heavy atom. The van der Waals surface area contributed by atoms with Gasteiger partial charge in [0.25, 0.3) is 0 Å². The van der Waals surface area contributed by atoms with E-state index in [0.29, 0.717) is 26.4 Å². The molecule has 158 valence electrons. The first-order chi connectivity index (χ1) is 13.2. The fraction of sp³-hybridized carbons (Fsp3) is 0.600.